The van der Waals surface area contributed by atoms with E-state index in [0.29, 0.717) is 0 Å². The van der Waals surface area contributed by atoms with Gasteiger partial charge in [0.05, 0.1) is 12.2 Å². The molecule has 2 nitrogen and oxygen atoms in total. The van der Waals surface area contributed by atoms with Gasteiger partial charge in [0.15, 0.2) is 0 Å². The molecule has 0 aliphatic heterocycles. The molecule has 0 aliphatic carbocycles. The maximum absolute atomic E-state index is 10.2. The minimum atomic E-state index is -0.614. The fraction of sp³-hybridized carbons (Fsp3) is 0.0833. The summed E-state index contributed by atoms with van der Waals surface area (Å²) >= 11 is 0. The molecule has 0 spiro atoms. The van der Waals surface area contributed by atoms with Gasteiger partial charge >= 0.3 is 0 Å². The van der Waals surface area contributed by atoms with E-state index in [4.69, 9.17) is 0 Å². The second-order valence-corrected chi connectivity index (χ2v) is 6.10. The molecule has 0 fully saturated rings. The highest BCUT2D eigenvalue weighted by Crippen LogP contribution is 2.17. The normalized spacial score (nSPS) is 13.9. The molecule has 26 heavy (non-hydrogen) atoms. The molecule has 0 saturated heterocycles. The van der Waals surface area contributed by atoms with Gasteiger partial charge in [0, 0.05) is 0 Å². The Bertz CT molecular complexity index is 775. The fourth-order valence-corrected chi connectivity index (χ4v) is 2.65. The van der Waals surface area contributed by atoms with Crippen molar-refractivity contribution in [3.63, 3.8) is 0 Å². The van der Waals surface area contributed by atoms with Gasteiger partial charge in [0.2, 0.25) is 0 Å². The van der Waals surface area contributed by atoms with Crippen LogP contribution in [0.2, 0.25) is 0 Å². The summed E-state index contributed by atoms with van der Waals surface area (Å²) in [6.45, 7) is 0. The predicted octanol–water partition coefficient (Wildman–Crippen LogP) is 5.18. The monoisotopic (exact) mass is 342 g/mol. The van der Waals surface area contributed by atoms with Crippen LogP contribution in [0.1, 0.15) is 34.5 Å². The SMILES string of the molecule is OC(/C=C/c1ccc(/C=C/C(O)c2ccccc2)cc1)c1ccccc1. The van der Waals surface area contributed by atoms with Gasteiger partial charge in [-0.3, -0.25) is 0 Å². The van der Waals surface area contributed by atoms with E-state index in [1.165, 1.54) is 0 Å². The Morgan fingerprint density at radius 3 is 1.19 bits per heavy atom. The first-order valence-electron chi connectivity index (χ1n) is 8.65. The van der Waals surface area contributed by atoms with Crippen molar-refractivity contribution < 1.29 is 10.2 Å². The molecule has 0 saturated carbocycles. The quantitative estimate of drug-likeness (QED) is 0.648. The Labute approximate surface area is 154 Å². The van der Waals surface area contributed by atoms with Gasteiger partial charge in [-0.25, -0.2) is 0 Å². The highest BCUT2D eigenvalue weighted by Gasteiger charge is 2.02. The molecule has 3 aromatic rings. The van der Waals surface area contributed by atoms with Crippen LogP contribution < -0.4 is 0 Å². The van der Waals surface area contributed by atoms with Crippen molar-refractivity contribution in [3.8, 4) is 0 Å². The first-order valence-corrected chi connectivity index (χ1v) is 8.65. The van der Waals surface area contributed by atoms with Gasteiger partial charge in [0.1, 0.15) is 0 Å². The van der Waals surface area contributed by atoms with Gasteiger partial charge in [-0.05, 0) is 22.3 Å². The maximum atomic E-state index is 10.2. The average molecular weight is 342 g/mol. The van der Waals surface area contributed by atoms with Crippen LogP contribution in [0.5, 0.6) is 0 Å². The van der Waals surface area contributed by atoms with E-state index < -0.39 is 12.2 Å². The molecule has 2 atom stereocenters. The van der Waals surface area contributed by atoms with Crippen molar-refractivity contribution in [1.82, 2.24) is 0 Å². The Hall–Kier alpha value is -2.94. The molecule has 0 aliphatic rings. The van der Waals surface area contributed by atoms with Crippen LogP contribution in [0.25, 0.3) is 12.2 Å². The second kappa shape index (κ2) is 8.95. The van der Waals surface area contributed by atoms with E-state index in [9.17, 15) is 10.2 Å². The summed E-state index contributed by atoms with van der Waals surface area (Å²) in [5.74, 6) is 0. The summed E-state index contributed by atoms with van der Waals surface area (Å²) in [7, 11) is 0. The lowest BCUT2D eigenvalue weighted by Gasteiger charge is -2.06. The highest BCUT2D eigenvalue weighted by atomic mass is 16.3. The molecule has 130 valence electrons. The predicted molar refractivity (Wildman–Crippen MR) is 107 cm³/mol. The van der Waals surface area contributed by atoms with Crippen molar-refractivity contribution in [2.45, 2.75) is 12.2 Å². The van der Waals surface area contributed by atoms with Crippen LogP contribution in [0.3, 0.4) is 0 Å². The van der Waals surface area contributed by atoms with E-state index in [1.807, 2.05) is 97.1 Å². The summed E-state index contributed by atoms with van der Waals surface area (Å²) in [6.07, 6.45) is 6.14. The van der Waals surface area contributed by atoms with Gasteiger partial charge < -0.3 is 10.2 Å². The highest BCUT2D eigenvalue weighted by molar-refractivity contribution is 5.56. The van der Waals surface area contributed by atoms with Gasteiger partial charge in [-0.15, -0.1) is 0 Å². The zero-order valence-corrected chi connectivity index (χ0v) is 14.4. The zero-order chi connectivity index (χ0) is 18.2. The van der Waals surface area contributed by atoms with Gasteiger partial charge in [-0.2, -0.15) is 0 Å². The Morgan fingerprint density at radius 2 is 0.846 bits per heavy atom. The van der Waals surface area contributed by atoms with Crippen LogP contribution >= 0.6 is 0 Å². The number of hydrogen-bond acceptors (Lipinski definition) is 2. The van der Waals surface area contributed by atoms with Crippen LogP contribution in [0.15, 0.2) is 97.1 Å². The molecule has 0 bridgehead atoms. The first-order chi connectivity index (χ1) is 12.7. The van der Waals surface area contributed by atoms with Crippen molar-refractivity contribution in [1.29, 1.82) is 0 Å². The number of aliphatic hydroxyl groups is 2. The fourth-order valence-electron chi connectivity index (χ4n) is 2.65. The topological polar surface area (TPSA) is 40.5 Å². The lowest BCUT2D eigenvalue weighted by atomic mass is 10.1. The lowest BCUT2D eigenvalue weighted by molar-refractivity contribution is 0.229. The Kier molecular flexibility index (Phi) is 6.15. The summed E-state index contributed by atoms with van der Waals surface area (Å²) in [4.78, 5) is 0. The van der Waals surface area contributed by atoms with E-state index in [1.54, 1.807) is 12.2 Å². The minimum Gasteiger partial charge on any atom is -0.384 e. The molecule has 0 amide bonds. The van der Waals surface area contributed by atoms with E-state index >= 15 is 0 Å². The smallest absolute Gasteiger partial charge is 0.0975 e. The van der Waals surface area contributed by atoms with E-state index in [2.05, 4.69) is 0 Å². The molecule has 2 N–H and O–H groups in total. The summed E-state index contributed by atoms with van der Waals surface area (Å²) in [5, 5.41) is 20.3. The summed E-state index contributed by atoms with van der Waals surface area (Å²) in [5.41, 5.74) is 3.78. The van der Waals surface area contributed by atoms with Crippen LogP contribution in [0.4, 0.5) is 0 Å². The summed E-state index contributed by atoms with van der Waals surface area (Å²) < 4.78 is 0. The second-order valence-electron chi connectivity index (χ2n) is 6.10. The third kappa shape index (κ3) is 5.03. The van der Waals surface area contributed by atoms with Crippen molar-refractivity contribution in [2.24, 2.45) is 0 Å². The molecule has 0 radical (unpaired) electrons. The van der Waals surface area contributed by atoms with Gasteiger partial charge in [-0.1, -0.05) is 109 Å². The number of rotatable bonds is 6. The molecule has 0 aromatic heterocycles. The largest absolute Gasteiger partial charge is 0.384 e. The van der Waals surface area contributed by atoms with Crippen molar-refractivity contribution >= 4 is 12.2 Å². The van der Waals surface area contributed by atoms with Crippen LogP contribution in [-0.4, -0.2) is 10.2 Å². The molecule has 3 rings (SSSR count). The number of benzene rings is 3. The molecular formula is C24H22O2. The minimum absolute atomic E-state index is 0.614. The Balaban J connectivity index is 1.61. The molecular weight excluding hydrogens is 320 g/mol. The summed E-state index contributed by atoms with van der Waals surface area (Å²) in [6, 6.07) is 27.1. The van der Waals surface area contributed by atoms with Crippen molar-refractivity contribution in [2.75, 3.05) is 0 Å². The van der Waals surface area contributed by atoms with Crippen molar-refractivity contribution in [3.05, 3.63) is 119 Å². The zero-order valence-electron chi connectivity index (χ0n) is 14.4. The van der Waals surface area contributed by atoms with Crippen LogP contribution in [0, 0.1) is 0 Å². The first kappa shape index (κ1) is 17.9. The number of aliphatic hydroxyl groups excluding tert-OH is 2. The third-order valence-corrected chi connectivity index (χ3v) is 4.16. The third-order valence-electron chi connectivity index (χ3n) is 4.16. The van der Waals surface area contributed by atoms with Crippen LogP contribution in [-0.2, 0) is 0 Å². The lowest BCUT2D eigenvalue weighted by Crippen LogP contribution is -1.92. The maximum Gasteiger partial charge on any atom is 0.0975 e. The number of hydrogen-bond donors (Lipinski definition) is 2. The molecule has 3 aromatic carbocycles. The molecule has 0 heterocycles. The standard InChI is InChI=1S/C24H22O2/c25-23(21-7-3-1-4-8-21)17-15-19-11-13-20(14-12-19)16-18-24(26)22-9-5-2-6-10-22/h1-18,23-26H/b17-15+,18-16+. The van der Waals surface area contributed by atoms with E-state index in [-0.39, 0.29) is 0 Å². The van der Waals surface area contributed by atoms with Gasteiger partial charge in [0.25, 0.3) is 0 Å². The van der Waals surface area contributed by atoms with E-state index in [0.717, 1.165) is 22.3 Å². The molecule has 2 heteroatoms. The molecule has 2 unspecified atom stereocenters. The average Bonchev–Trinajstić information content (AvgIpc) is 2.72. The Morgan fingerprint density at radius 1 is 0.500 bits per heavy atom.